The molecule has 0 saturated heterocycles. The van der Waals surface area contributed by atoms with E-state index in [-0.39, 0.29) is 5.91 Å². The molecule has 2 N–H and O–H groups in total. The minimum Gasteiger partial charge on any atom is -0.387 e. The summed E-state index contributed by atoms with van der Waals surface area (Å²) in [5.41, 5.74) is 4.73. The molecule has 0 atom stereocenters. The van der Waals surface area contributed by atoms with Crippen LogP contribution in [0.5, 0.6) is 0 Å². The zero-order valence-corrected chi connectivity index (χ0v) is 11.6. The van der Waals surface area contributed by atoms with E-state index in [2.05, 4.69) is 20.6 Å². The third-order valence-corrected chi connectivity index (χ3v) is 3.72. The van der Waals surface area contributed by atoms with E-state index in [4.69, 9.17) is 0 Å². The van der Waals surface area contributed by atoms with Crippen LogP contribution >= 0.6 is 11.3 Å². The molecular formula is C14H12N4OS. The van der Waals surface area contributed by atoms with Crippen LogP contribution in [0, 0.1) is 0 Å². The summed E-state index contributed by atoms with van der Waals surface area (Å²) in [7, 11) is 1.77. The number of fused-ring (bicyclic) bond motifs is 1. The monoisotopic (exact) mass is 284 g/mol. The Labute approximate surface area is 119 Å². The Balaban J connectivity index is 1.88. The minimum absolute atomic E-state index is 0.189. The van der Waals surface area contributed by atoms with Gasteiger partial charge in [-0.2, -0.15) is 0 Å². The molecule has 0 bridgehead atoms. The first kappa shape index (κ1) is 12.6. The lowest BCUT2D eigenvalue weighted by atomic mass is 10.2. The van der Waals surface area contributed by atoms with Crippen molar-refractivity contribution in [2.75, 3.05) is 17.7 Å². The number of nitrogens with one attached hydrogen (secondary N) is 2. The molecule has 0 aliphatic carbocycles. The van der Waals surface area contributed by atoms with Crippen molar-refractivity contribution in [2.45, 2.75) is 0 Å². The maximum absolute atomic E-state index is 12.3. The van der Waals surface area contributed by atoms with Crippen LogP contribution in [0.1, 0.15) is 10.4 Å². The first-order valence-electron chi connectivity index (χ1n) is 6.04. The highest BCUT2D eigenvalue weighted by atomic mass is 32.1. The topological polar surface area (TPSA) is 66.9 Å². The molecule has 2 heterocycles. The molecule has 0 saturated carbocycles. The average Bonchev–Trinajstić information content (AvgIpc) is 2.94. The summed E-state index contributed by atoms with van der Waals surface area (Å²) in [6.07, 6.45) is 3.19. The number of benzene rings is 1. The third kappa shape index (κ3) is 2.33. The summed E-state index contributed by atoms with van der Waals surface area (Å²) in [5, 5.41) is 5.85. The highest BCUT2D eigenvalue weighted by Crippen LogP contribution is 2.23. The van der Waals surface area contributed by atoms with E-state index >= 15 is 0 Å². The van der Waals surface area contributed by atoms with Gasteiger partial charge in [0, 0.05) is 30.8 Å². The zero-order chi connectivity index (χ0) is 13.9. The lowest BCUT2D eigenvalue weighted by Gasteiger charge is -2.09. The molecule has 5 nitrogen and oxygen atoms in total. The molecule has 1 aromatic carbocycles. The Morgan fingerprint density at radius 3 is 3.05 bits per heavy atom. The van der Waals surface area contributed by atoms with Gasteiger partial charge in [0.05, 0.1) is 21.3 Å². The first-order chi connectivity index (χ1) is 9.78. The fraction of sp³-hybridized carbons (Fsp3) is 0.0714. The van der Waals surface area contributed by atoms with E-state index in [1.807, 2.05) is 18.2 Å². The van der Waals surface area contributed by atoms with Crippen LogP contribution in [0.15, 0.2) is 42.2 Å². The van der Waals surface area contributed by atoms with Gasteiger partial charge in [-0.05, 0) is 24.3 Å². The standard InChI is InChI=1S/C14H12N4OS/c1-15-11-4-5-16-7-10(11)14(19)18-9-2-3-12-13(6-9)20-8-17-12/h2-8H,1H3,(H,15,16)(H,18,19). The van der Waals surface area contributed by atoms with Gasteiger partial charge in [0.1, 0.15) is 0 Å². The lowest BCUT2D eigenvalue weighted by molar-refractivity contribution is 0.102. The Hall–Kier alpha value is -2.47. The van der Waals surface area contributed by atoms with Crippen molar-refractivity contribution in [1.82, 2.24) is 9.97 Å². The second kappa shape index (κ2) is 5.26. The highest BCUT2D eigenvalue weighted by Gasteiger charge is 2.11. The van der Waals surface area contributed by atoms with Crippen LogP contribution in [-0.2, 0) is 0 Å². The van der Waals surface area contributed by atoms with Gasteiger partial charge in [-0.15, -0.1) is 11.3 Å². The van der Waals surface area contributed by atoms with Gasteiger partial charge in [0.2, 0.25) is 0 Å². The maximum Gasteiger partial charge on any atom is 0.259 e. The molecule has 0 aliphatic rings. The van der Waals surface area contributed by atoms with Crippen molar-refractivity contribution in [3.05, 3.63) is 47.7 Å². The summed E-state index contributed by atoms with van der Waals surface area (Å²) in [6.45, 7) is 0. The van der Waals surface area contributed by atoms with E-state index < -0.39 is 0 Å². The maximum atomic E-state index is 12.3. The molecular weight excluding hydrogens is 272 g/mol. The summed E-state index contributed by atoms with van der Waals surface area (Å²) in [4.78, 5) is 20.5. The first-order valence-corrected chi connectivity index (χ1v) is 6.92. The van der Waals surface area contributed by atoms with Crippen molar-refractivity contribution in [3.63, 3.8) is 0 Å². The Morgan fingerprint density at radius 1 is 1.30 bits per heavy atom. The van der Waals surface area contributed by atoms with Gasteiger partial charge in [-0.1, -0.05) is 0 Å². The third-order valence-electron chi connectivity index (χ3n) is 2.92. The van der Waals surface area contributed by atoms with Crippen molar-refractivity contribution in [2.24, 2.45) is 0 Å². The SMILES string of the molecule is CNc1ccncc1C(=O)Nc1ccc2ncsc2c1. The normalized spacial score (nSPS) is 10.4. The van der Waals surface area contributed by atoms with E-state index in [9.17, 15) is 4.79 Å². The van der Waals surface area contributed by atoms with E-state index in [1.165, 1.54) is 0 Å². The van der Waals surface area contributed by atoms with Crippen LogP contribution in [-0.4, -0.2) is 22.9 Å². The van der Waals surface area contributed by atoms with E-state index in [0.29, 0.717) is 5.56 Å². The summed E-state index contributed by atoms with van der Waals surface area (Å²) in [6, 6.07) is 7.42. The molecule has 2 aromatic heterocycles. The number of hydrogen-bond donors (Lipinski definition) is 2. The number of amides is 1. The van der Waals surface area contributed by atoms with Crippen molar-refractivity contribution in [1.29, 1.82) is 0 Å². The van der Waals surface area contributed by atoms with Gasteiger partial charge in [-0.25, -0.2) is 4.98 Å². The van der Waals surface area contributed by atoms with Crippen molar-refractivity contribution >= 4 is 38.8 Å². The number of anilines is 2. The van der Waals surface area contributed by atoms with Crippen LogP contribution in [0.25, 0.3) is 10.2 Å². The van der Waals surface area contributed by atoms with Gasteiger partial charge in [-0.3, -0.25) is 9.78 Å². The molecule has 0 fully saturated rings. The Bertz CT molecular complexity index is 768. The molecule has 3 aromatic rings. The zero-order valence-electron chi connectivity index (χ0n) is 10.8. The predicted octanol–water partition coefficient (Wildman–Crippen LogP) is 2.99. The molecule has 20 heavy (non-hydrogen) atoms. The van der Waals surface area contributed by atoms with E-state index in [1.54, 1.807) is 42.4 Å². The minimum atomic E-state index is -0.189. The average molecular weight is 284 g/mol. The van der Waals surface area contributed by atoms with Crippen LogP contribution < -0.4 is 10.6 Å². The van der Waals surface area contributed by atoms with Gasteiger partial charge in [0.15, 0.2) is 0 Å². The van der Waals surface area contributed by atoms with Crippen molar-refractivity contribution in [3.8, 4) is 0 Å². The number of carbonyl (C=O) groups is 1. The summed E-state index contributed by atoms with van der Waals surface area (Å²) < 4.78 is 1.04. The molecule has 0 unspecified atom stereocenters. The van der Waals surface area contributed by atoms with Gasteiger partial charge in [0.25, 0.3) is 5.91 Å². The van der Waals surface area contributed by atoms with Crippen LogP contribution in [0.3, 0.4) is 0 Å². The molecule has 0 radical (unpaired) electrons. The molecule has 3 rings (SSSR count). The van der Waals surface area contributed by atoms with Gasteiger partial charge >= 0.3 is 0 Å². The fourth-order valence-corrected chi connectivity index (χ4v) is 2.64. The molecule has 100 valence electrons. The largest absolute Gasteiger partial charge is 0.387 e. The quantitative estimate of drug-likeness (QED) is 0.776. The van der Waals surface area contributed by atoms with Crippen LogP contribution in [0.2, 0.25) is 0 Å². The molecule has 6 heteroatoms. The van der Waals surface area contributed by atoms with Crippen molar-refractivity contribution < 1.29 is 4.79 Å². The number of rotatable bonds is 3. The summed E-state index contributed by atoms with van der Waals surface area (Å²) in [5.74, 6) is -0.189. The predicted molar refractivity (Wildman–Crippen MR) is 81.4 cm³/mol. The highest BCUT2D eigenvalue weighted by molar-refractivity contribution is 7.16. The van der Waals surface area contributed by atoms with Crippen LogP contribution in [0.4, 0.5) is 11.4 Å². The second-order valence-corrected chi connectivity index (χ2v) is 5.05. The van der Waals surface area contributed by atoms with Gasteiger partial charge < -0.3 is 10.6 Å². The molecule has 0 aliphatic heterocycles. The smallest absolute Gasteiger partial charge is 0.259 e. The molecule has 0 spiro atoms. The fourth-order valence-electron chi connectivity index (χ4n) is 1.92. The van der Waals surface area contributed by atoms with E-state index in [0.717, 1.165) is 21.6 Å². The molecule has 1 amide bonds. The number of carbonyl (C=O) groups excluding carboxylic acids is 1. The number of pyridine rings is 1. The number of hydrogen-bond acceptors (Lipinski definition) is 5. The number of thiazole rings is 1. The number of nitrogens with zero attached hydrogens (tertiary/aromatic N) is 2. The lowest BCUT2D eigenvalue weighted by Crippen LogP contribution is -2.14. The Morgan fingerprint density at radius 2 is 2.20 bits per heavy atom. The Kier molecular flexibility index (Phi) is 3.30. The number of aromatic nitrogens is 2. The summed E-state index contributed by atoms with van der Waals surface area (Å²) >= 11 is 1.54. The second-order valence-electron chi connectivity index (χ2n) is 4.16.